The normalized spacial score (nSPS) is 10.1. The van der Waals surface area contributed by atoms with Gasteiger partial charge in [0.2, 0.25) is 0 Å². The molecule has 0 saturated heterocycles. The van der Waals surface area contributed by atoms with Gasteiger partial charge < -0.3 is 4.74 Å². The third-order valence-electron chi connectivity index (χ3n) is 2.12. The number of nitrogens with zero attached hydrogens (tertiary/aromatic N) is 3. The first-order chi connectivity index (χ1) is 7.79. The molecule has 5 heteroatoms. The van der Waals surface area contributed by atoms with Crippen LogP contribution >= 0.6 is 0 Å². The Kier molecular flexibility index (Phi) is 2.95. The van der Waals surface area contributed by atoms with Gasteiger partial charge in [-0.05, 0) is 12.1 Å². The molecule has 2 rings (SSSR count). The zero-order valence-corrected chi connectivity index (χ0v) is 8.83. The number of carbonyl (C=O) groups excluding carboxylic acids is 1. The third kappa shape index (κ3) is 2.25. The van der Waals surface area contributed by atoms with E-state index in [9.17, 15) is 4.79 Å². The van der Waals surface area contributed by atoms with Crippen LogP contribution in [0.3, 0.4) is 0 Å². The Morgan fingerprint density at radius 3 is 3.06 bits per heavy atom. The van der Waals surface area contributed by atoms with Gasteiger partial charge in [0.05, 0.1) is 31.6 Å². The summed E-state index contributed by atoms with van der Waals surface area (Å²) in [6.45, 7) is 0. The summed E-state index contributed by atoms with van der Waals surface area (Å²) in [7, 11) is 1.37. The Bertz CT molecular complexity index is 479. The van der Waals surface area contributed by atoms with Gasteiger partial charge in [-0.15, -0.1) is 0 Å². The minimum absolute atomic E-state index is 0.233. The zero-order valence-electron chi connectivity index (χ0n) is 8.83. The number of hydrogen-bond acceptors (Lipinski definition) is 4. The van der Waals surface area contributed by atoms with Gasteiger partial charge in [0.15, 0.2) is 0 Å². The first-order valence-electron chi connectivity index (χ1n) is 4.80. The molecule has 0 N–H and O–H groups in total. The van der Waals surface area contributed by atoms with E-state index in [0.717, 1.165) is 11.3 Å². The highest BCUT2D eigenvalue weighted by Crippen LogP contribution is 2.07. The lowest BCUT2D eigenvalue weighted by molar-refractivity contribution is -0.139. The first kappa shape index (κ1) is 10.4. The minimum Gasteiger partial charge on any atom is -0.469 e. The molecule has 5 nitrogen and oxygen atoms in total. The predicted octanol–water partition coefficient (Wildman–Crippen LogP) is 0.983. The predicted molar refractivity (Wildman–Crippen MR) is 57.1 cm³/mol. The molecule has 0 aromatic carbocycles. The van der Waals surface area contributed by atoms with Crippen LogP contribution in [-0.2, 0) is 16.0 Å². The van der Waals surface area contributed by atoms with Gasteiger partial charge in [-0.25, -0.2) is 4.68 Å². The Hall–Kier alpha value is -2.17. The van der Waals surface area contributed by atoms with E-state index in [1.807, 2.05) is 12.1 Å². The van der Waals surface area contributed by atoms with Crippen LogP contribution in [0.4, 0.5) is 0 Å². The number of carbonyl (C=O) groups is 1. The average molecular weight is 217 g/mol. The van der Waals surface area contributed by atoms with E-state index in [1.165, 1.54) is 7.11 Å². The van der Waals surface area contributed by atoms with Crippen LogP contribution in [-0.4, -0.2) is 27.8 Å². The molecule has 0 fully saturated rings. The summed E-state index contributed by atoms with van der Waals surface area (Å²) in [5.74, 6) is -0.272. The topological polar surface area (TPSA) is 57.0 Å². The van der Waals surface area contributed by atoms with Crippen molar-refractivity contribution >= 4 is 5.97 Å². The van der Waals surface area contributed by atoms with Gasteiger partial charge in [0.1, 0.15) is 0 Å². The number of aromatic nitrogens is 3. The van der Waals surface area contributed by atoms with Crippen molar-refractivity contribution in [2.45, 2.75) is 6.42 Å². The SMILES string of the molecule is COC(=O)Cc1cnn(-c2cccnc2)c1. The fourth-order valence-corrected chi connectivity index (χ4v) is 1.32. The standard InChI is InChI=1S/C11H11N3O2/c1-16-11(15)5-9-6-13-14(8-9)10-3-2-4-12-7-10/h2-4,6-8H,5H2,1H3. The Labute approximate surface area is 92.7 Å². The molecule has 0 aliphatic rings. The smallest absolute Gasteiger partial charge is 0.310 e. The van der Waals surface area contributed by atoms with Gasteiger partial charge >= 0.3 is 5.97 Å². The molecular formula is C11H11N3O2. The second kappa shape index (κ2) is 4.57. The van der Waals surface area contributed by atoms with E-state index in [-0.39, 0.29) is 12.4 Å². The van der Waals surface area contributed by atoms with Gasteiger partial charge in [-0.1, -0.05) is 0 Å². The number of ether oxygens (including phenoxy) is 1. The highest BCUT2D eigenvalue weighted by molar-refractivity contribution is 5.72. The van der Waals surface area contributed by atoms with E-state index >= 15 is 0 Å². The van der Waals surface area contributed by atoms with Crippen molar-refractivity contribution in [3.63, 3.8) is 0 Å². The van der Waals surface area contributed by atoms with Crippen molar-refractivity contribution in [1.82, 2.24) is 14.8 Å². The largest absolute Gasteiger partial charge is 0.469 e. The van der Waals surface area contributed by atoms with Crippen LogP contribution in [0.15, 0.2) is 36.9 Å². The lowest BCUT2D eigenvalue weighted by Crippen LogP contribution is -2.03. The van der Waals surface area contributed by atoms with Crippen LogP contribution in [0.2, 0.25) is 0 Å². The Morgan fingerprint density at radius 1 is 1.50 bits per heavy atom. The minimum atomic E-state index is -0.272. The molecule has 0 atom stereocenters. The maximum atomic E-state index is 11.1. The zero-order chi connectivity index (χ0) is 11.4. The van der Waals surface area contributed by atoms with Crippen molar-refractivity contribution in [2.75, 3.05) is 7.11 Å². The van der Waals surface area contributed by atoms with Crippen LogP contribution in [0.5, 0.6) is 0 Å². The molecule has 2 aromatic heterocycles. The second-order valence-corrected chi connectivity index (χ2v) is 3.26. The molecule has 0 bridgehead atoms. The van der Waals surface area contributed by atoms with E-state index in [2.05, 4.69) is 14.8 Å². The lowest BCUT2D eigenvalue weighted by Gasteiger charge is -1.98. The summed E-state index contributed by atoms with van der Waals surface area (Å²) in [6.07, 6.45) is 7.06. The third-order valence-corrected chi connectivity index (χ3v) is 2.12. The van der Waals surface area contributed by atoms with Crippen LogP contribution < -0.4 is 0 Å². The number of methoxy groups -OCH3 is 1. The molecule has 0 spiro atoms. The molecule has 0 aliphatic carbocycles. The van der Waals surface area contributed by atoms with Gasteiger partial charge in [0.25, 0.3) is 0 Å². The molecule has 82 valence electrons. The fraction of sp³-hybridized carbons (Fsp3) is 0.182. The molecule has 2 heterocycles. The van der Waals surface area contributed by atoms with Gasteiger partial charge in [0, 0.05) is 18.0 Å². The average Bonchev–Trinajstić information content (AvgIpc) is 2.78. The first-order valence-corrected chi connectivity index (χ1v) is 4.80. The highest BCUT2D eigenvalue weighted by Gasteiger charge is 2.06. The number of rotatable bonds is 3. The fourth-order valence-electron chi connectivity index (χ4n) is 1.32. The molecular weight excluding hydrogens is 206 g/mol. The molecule has 2 aromatic rings. The molecule has 0 saturated carbocycles. The van der Waals surface area contributed by atoms with Crippen LogP contribution in [0.1, 0.15) is 5.56 Å². The monoisotopic (exact) mass is 217 g/mol. The maximum Gasteiger partial charge on any atom is 0.310 e. The van der Waals surface area contributed by atoms with Crippen LogP contribution in [0.25, 0.3) is 5.69 Å². The molecule has 0 aliphatic heterocycles. The summed E-state index contributed by atoms with van der Waals surface area (Å²) in [5, 5.41) is 4.14. The quantitative estimate of drug-likeness (QED) is 0.719. The Morgan fingerprint density at radius 2 is 2.38 bits per heavy atom. The number of pyridine rings is 1. The number of esters is 1. The number of hydrogen-bond donors (Lipinski definition) is 0. The van der Waals surface area contributed by atoms with E-state index in [1.54, 1.807) is 29.5 Å². The lowest BCUT2D eigenvalue weighted by atomic mass is 10.2. The van der Waals surface area contributed by atoms with Crippen molar-refractivity contribution in [3.8, 4) is 5.69 Å². The highest BCUT2D eigenvalue weighted by atomic mass is 16.5. The Balaban J connectivity index is 2.17. The van der Waals surface area contributed by atoms with Gasteiger partial charge in [-0.3, -0.25) is 9.78 Å². The van der Waals surface area contributed by atoms with Gasteiger partial charge in [-0.2, -0.15) is 5.10 Å². The van der Waals surface area contributed by atoms with E-state index < -0.39 is 0 Å². The molecule has 16 heavy (non-hydrogen) atoms. The second-order valence-electron chi connectivity index (χ2n) is 3.26. The molecule has 0 radical (unpaired) electrons. The maximum absolute atomic E-state index is 11.1. The summed E-state index contributed by atoms with van der Waals surface area (Å²) >= 11 is 0. The van der Waals surface area contributed by atoms with Crippen molar-refractivity contribution in [1.29, 1.82) is 0 Å². The van der Waals surface area contributed by atoms with E-state index in [0.29, 0.717) is 0 Å². The summed E-state index contributed by atoms with van der Waals surface area (Å²) < 4.78 is 6.25. The summed E-state index contributed by atoms with van der Waals surface area (Å²) in [6, 6.07) is 3.72. The van der Waals surface area contributed by atoms with Crippen LogP contribution in [0, 0.1) is 0 Å². The van der Waals surface area contributed by atoms with Crippen molar-refractivity contribution < 1.29 is 9.53 Å². The summed E-state index contributed by atoms with van der Waals surface area (Å²) in [5.41, 5.74) is 1.68. The summed E-state index contributed by atoms with van der Waals surface area (Å²) in [4.78, 5) is 15.1. The van der Waals surface area contributed by atoms with Crippen molar-refractivity contribution in [2.24, 2.45) is 0 Å². The van der Waals surface area contributed by atoms with E-state index in [4.69, 9.17) is 0 Å². The molecule has 0 amide bonds. The van der Waals surface area contributed by atoms with Crippen molar-refractivity contribution in [3.05, 3.63) is 42.5 Å². The molecule has 0 unspecified atom stereocenters.